The van der Waals surface area contributed by atoms with E-state index >= 15 is 0 Å². The lowest BCUT2D eigenvalue weighted by Crippen LogP contribution is -2.31. The van der Waals surface area contributed by atoms with E-state index in [1.807, 2.05) is 32.0 Å². The summed E-state index contributed by atoms with van der Waals surface area (Å²) in [6, 6.07) is 16.8. The average molecular weight is 538 g/mol. The summed E-state index contributed by atoms with van der Waals surface area (Å²) in [6.07, 6.45) is 1.29. The summed E-state index contributed by atoms with van der Waals surface area (Å²) in [5.41, 5.74) is 2.37. The van der Waals surface area contributed by atoms with Gasteiger partial charge in [-0.25, -0.2) is 0 Å². The molecular formula is C32H27NO7. The van der Waals surface area contributed by atoms with E-state index in [0.29, 0.717) is 39.9 Å². The van der Waals surface area contributed by atoms with Gasteiger partial charge in [0.25, 0.3) is 5.56 Å². The van der Waals surface area contributed by atoms with Gasteiger partial charge < -0.3 is 23.6 Å². The molecule has 1 aliphatic heterocycles. The molecule has 0 aliphatic carbocycles. The smallest absolute Gasteiger partial charge is 0.312 e. The van der Waals surface area contributed by atoms with Gasteiger partial charge in [0, 0.05) is 29.0 Å². The summed E-state index contributed by atoms with van der Waals surface area (Å²) >= 11 is 0. The number of esters is 1. The van der Waals surface area contributed by atoms with Crippen molar-refractivity contribution < 1.29 is 23.8 Å². The Morgan fingerprint density at radius 2 is 1.80 bits per heavy atom. The molecule has 1 N–H and O–H groups in total. The average Bonchev–Trinajstić information content (AvgIpc) is 2.94. The van der Waals surface area contributed by atoms with Crippen LogP contribution in [0.2, 0.25) is 0 Å². The fourth-order valence-corrected chi connectivity index (χ4v) is 5.47. The molecule has 8 nitrogen and oxygen atoms in total. The second-order valence-electron chi connectivity index (χ2n) is 10.4. The number of rotatable bonds is 5. The second-order valence-corrected chi connectivity index (χ2v) is 10.4. The van der Waals surface area contributed by atoms with Crippen LogP contribution in [0.25, 0.3) is 33.0 Å². The van der Waals surface area contributed by atoms with Crippen LogP contribution < -0.4 is 20.5 Å². The maximum absolute atomic E-state index is 14.0. The van der Waals surface area contributed by atoms with Crippen molar-refractivity contribution in [1.82, 2.24) is 4.57 Å². The Labute approximate surface area is 229 Å². The highest BCUT2D eigenvalue weighted by Gasteiger charge is 2.34. The maximum Gasteiger partial charge on any atom is 0.312 e. The number of aromatic nitrogens is 1. The molecule has 3 heterocycles. The first-order valence-electron chi connectivity index (χ1n) is 13.0. The van der Waals surface area contributed by atoms with Gasteiger partial charge in [-0.2, -0.15) is 0 Å². The number of nitrogens with zero attached hydrogens (tertiary/aromatic N) is 1. The third kappa shape index (κ3) is 4.22. The highest BCUT2D eigenvalue weighted by molar-refractivity contribution is 5.91. The van der Waals surface area contributed by atoms with Crippen LogP contribution in [0.3, 0.4) is 0 Å². The molecule has 3 aromatic carbocycles. The summed E-state index contributed by atoms with van der Waals surface area (Å²) in [6.45, 7) is 4.56. The molecule has 0 spiro atoms. The Hall–Kier alpha value is -4.85. The molecule has 0 saturated carbocycles. The highest BCUT2D eigenvalue weighted by atomic mass is 16.5. The molecule has 0 unspecified atom stereocenters. The molecule has 5 aromatic rings. The Morgan fingerprint density at radius 3 is 2.52 bits per heavy atom. The zero-order chi connectivity index (χ0) is 28.1. The first kappa shape index (κ1) is 25.4. The minimum Gasteiger partial charge on any atom is -0.508 e. The van der Waals surface area contributed by atoms with Gasteiger partial charge in [-0.1, -0.05) is 26.0 Å². The number of hydrogen-bond acceptors (Lipinski definition) is 7. The van der Waals surface area contributed by atoms with Gasteiger partial charge in [0.1, 0.15) is 29.1 Å². The van der Waals surface area contributed by atoms with E-state index in [-0.39, 0.29) is 40.4 Å². The normalized spacial score (nSPS) is 14.9. The van der Waals surface area contributed by atoms with Crippen molar-refractivity contribution in [3.8, 4) is 28.4 Å². The number of fused-ring (bicyclic) bond motifs is 4. The molecule has 0 saturated heterocycles. The lowest BCUT2D eigenvalue weighted by molar-refractivity contribution is -0.135. The Kier molecular flexibility index (Phi) is 6.18. The van der Waals surface area contributed by atoms with Gasteiger partial charge >= 0.3 is 5.97 Å². The summed E-state index contributed by atoms with van der Waals surface area (Å²) < 4.78 is 18.8. The number of ether oxygens (including phenoxy) is 2. The van der Waals surface area contributed by atoms with Gasteiger partial charge in [-0.05, 0) is 60.0 Å². The van der Waals surface area contributed by atoms with Gasteiger partial charge in [0.05, 0.1) is 30.0 Å². The van der Waals surface area contributed by atoms with E-state index in [4.69, 9.17) is 13.9 Å². The molecule has 1 aliphatic rings. The lowest BCUT2D eigenvalue weighted by Gasteiger charge is -2.26. The van der Waals surface area contributed by atoms with Crippen molar-refractivity contribution in [3.63, 3.8) is 0 Å². The van der Waals surface area contributed by atoms with Crippen LogP contribution >= 0.6 is 0 Å². The molecule has 0 fully saturated rings. The molecule has 2 aromatic heterocycles. The number of hydrogen-bond donors (Lipinski definition) is 1. The van der Waals surface area contributed by atoms with E-state index in [1.165, 1.54) is 18.4 Å². The maximum atomic E-state index is 14.0. The predicted octanol–water partition coefficient (Wildman–Crippen LogP) is 5.59. The standard InChI is InChI=1S/C32H27NO7/c1-17(2)15-33-26-10-8-21(38-3)12-19(26)13-24(32(33)37)23-14-28(35)40-27-11-9-22-30(36)25(16-39-31(22)29(23)27)18-4-6-20(34)7-5-18/h4-13,16-17,23,34H,14-15H2,1-3H3/t23-/m0/s1. The number of phenolic OH excluding ortho intramolecular Hbond substituents is 1. The number of benzene rings is 3. The summed E-state index contributed by atoms with van der Waals surface area (Å²) in [5, 5.41) is 10.7. The number of methoxy groups -OCH3 is 1. The van der Waals surface area contributed by atoms with Crippen LogP contribution in [-0.2, 0) is 11.3 Å². The number of aromatic hydroxyl groups is 1. The SMILES string of the molecule is COc1ccc2c(c1)cc([C@@H]1CC(=O)Oc3ccc4c(=O)c(-c5ccc(O)cc5)coc4c31)c(=O)n2CC(C)C. The fourth-order valence-electron chi connectivity index (χ4n) is 5.47. The van der Waals surface area contributed by atoms with E-state index in [0.717, 1.165) is 10.9 Å². The number of carbonyl (C=O) groups excluding carboxylic acids is 1. The molecule has 8 heteroatoms. The van der Waals surface area contributed by atoms with Gasteiger partial charge in [0.2, 0.25) is 5.43 Å². The van der Waals surface area contributed by atoms with Gasteiger partial charge in [-0.15, -0.1) is 0 Å². The minimum atomic E-state index is -0.691. The number of pyridine rings is 1. The highest BCUT2D eigenvalue weighted by Crippen LogP contribution is 2.42. The Bertz CT molecular complexity index is 1920. The first-order chi connectivity index (χ1) is 19.2. The molecule has 202 valence electrons. The third-order valence-electron chi connectivity index (χ3n) is 7.31. The predicted molar refractivity (Wildman–Crippen MR) is 151 cm³/mol. The van der Waals surface area contributed by atoms with Crippen LogP contribution in [0.5, 0.6) is 17.2 Å². The second kappa shape index (κ2) is 9.72. The summed E-state index contributed by atoms with van der Waals surface area (Å²) in [7, 11) is 1.58. The lowest BCUT2D eigenvalue weighted by atomic mass is 9.85. The van der Waals surface area contributed by atoms with Crippen molar-refractivity contribution in [2.24, 2.45) is 5.92 Å². The molecule has 1 atom stereocenters. The largest absolute Gasteiger partial charge is 0.508 e. The fraction of sp³-hybridized carbons (Fsp3) is 0.219. The third-order valence-corrected chi connectivity index (χ3v) is 7.31. The summed E-state index contributed by atoms with van der Waals surface area (Å²) in [5.74, 6) is 0.0251. The van der Waals surface area contributed by atoms with Crippen molar-refractivity contribution in [2.75, 3.05) is 7.11 Å². The monoisotopic (exact) mass is 537 g/mol. The van der Waals surface area contributed by atoms with Crippen molar-refractivity contribution in [2.45, 2.75) is 32.7 Å². The zero-order valence-electron chi connectivity index (χ0n) is 22.3. The van der Waals surface area contributed by atoms with Crippen LogP contribution in [-0.4, -0.2) is 22.8 Å². The molecular weight excluding hydrogens is 510 g/mol. The van der Waals surface area contributed by atoms with Crippen molar-refractivity contribution in [3.05, 3.63) is 98.6 Å². The van der Waals surface area contributed by atoms with Crippen LogP contribution in [0, 0.1) is 5.92 Å². The number of carbonyl (C=O) groups is 1. The zero-order valence-corrected chi connectivity index (χ0v) is 22.3. The van der Waals surface area contributed by atoms with Gasteiger partial charge in [-0.3, -0.25) is 14.4 Å². The van der Waals surface area contributed by atoms with E-state index in [1.54, 1.807) is 42.0 Å². The van der Waals surface area contributed by atoms with Crippen LogP contribution in [0.4, 0.5) is 0 Å². The van der Waals surface area contributed by atoms with Crippen molar-refractivity contribution in [1.29, 1.82) is 0 Å². The minimum absolute atomic E-state index is 0.0814. The Balaban J connectivity index is 1.61. The Morgan fingerprint density at radius 1 is 1.02 bits per heavy atom. The molecule has 0 radical (unpaired) electrons. The van der Waals surface area contributed by atoms with Crippen molar-refractivity contribution >= 4 is 27.8 Å². The quantitative estimate of drug-likeness (QED) is 0.230. The molecule has 6 rings (SSSR count). The molecule has 40 heavy (non-hydrogen) atoms. The molecule has 0 amide bonds. The summed E-state index contributed by atoms with van der Waals surface area (Å²) in [4.78, 5) is 40.4. The van der Waals surface area contributed by atoms with Gasteiger partial charge in [0.15, 0.2) is 0 Å². The molecule has 0 bridgehead atoms. The number of phenols is 1. The first-order valence-corrected chi connectivity index (χ1v) is 13.0. The van der Waals surface area contributed by atoms with Crippen LogP contribution in [0.1, 0.15) is 37.3 Å². The topological polar surface area (TPSA) is 108 Å². The van der Waals surface area contributed by atoms with E-state index < -0.39 is 11.9 Å². The van der Waals surface area contributed by atoms with E-state index in [9.17, 15) is 19.5 Å². The van der Waals surface area contributed by atoms with E-state index in [2.05, 4.69) is 0 Å². The van der Waals surface area contributed by atoms with Crippen LogP contribution in [0.15, 0.2) is 80.9 Å².